The maximum atomic E-state index is 12.2. The van der Waals surface area contributed by atoms with Crippen molar-refractivity contribution in [2.75, 3.05) is 67.9 Å². The Balaban J connectivity index is 0.000000564. The first kappa shape index (κ1) is 83.5. The number of aromatic carboxylic acids is 2. The molecule has 496 valence electrons. The minimum atomic E-state index is -1.03. The van der Waals surface area contributed by atoms with Crippen molar-refractivity contribution in [2.45, 2.75) is 40.2 Å². The fraction of sp³-hybridized carbons (Fsp3) is 0.250. The first-order valence-electron chi connectivity index (χ1n) is 25.0. The van der Waals surface area contributed by atoms with E-state index in [4.69, 9.17) is 84.3 Å². The van der Waals surface area contributed by atoms with Crippen molar-refractivity contribution < 1.29 is 106 Å². The molecule has 0 saturated heterocycles. The number of amides is 1. The molecule has 0 radical (unpaired) electrons. The van der Waals surface area contributed by atoms with E-state index in [9.17, 15) is 33.6 Å². The first-order chi connectivity index (χ1) is 42.9. The number of nitrogens with one attached hydrogen (secondary N) is 2. The number of hydrogen-bond donors (Lipinski definition) is 6. The van der Waals surface area contributed by atoms with Gasteiger partial charge in [-0.2, -0.15) is 15.0 Å². The molecule has 0 atom stereocenters. The number of hydrogen-bond acceptors (Lipinski definition) is 28. The van der Waals surface area contributed by atoms with Gasteiger partial charge in [0.05, 0.1) is 85.1 Å². The maximum absolute atomic E-state index is 12.2. The van der Waals surface area contributed by atoms with Gasteiger partial charge in [-0.3, -0.25) is 19.2 Å². The molecule has 0 bridgehead atoms. The van der Waals surface area contributed by atoms with Crippen LogP contribution in [0.1, 0.15) is 97.3 Å². The zero-order chi connectivity index (χ0) is 68.4. The minimum absolute atomic E-state index is 0. The Morgan fingerprint density at radius 1 is 0.581 bits per heavy atom. The number of H-pyrrole nitrogens is 1. The molecule has 8 N–H and O–H groups in total. The van der Waals surface area contributed by atoms with E-state index in [1.807, 2.05) is 5.38 Å². The molecule has 0 aliphatic heterocycles. The van der Waals surface area contributed by atoms with Crippen molar-refractivity contribution in [1.82, 2.24) is 29.9 Å². The van der Waals surface area contributed by atoms with E-state index in [-0.39, 0.29) is 85.5 Å². The fourth-order valence-corrected chi connectivity index (χ4v) is 10.5. The Hall–Kier alpha value is -7.49. The third-order valence-corrected chi connectivity index (χ3v) is 16.0. The molecule has 93 heavy (non-hydrogen) atoms. The van der Waals surface area contributed by atoms with Crippen molar-refractivity contribution in [3.63, 3.8) is 0 Å². The number of pyridine rings is 1. The molecule has 6 aromatic heterocycles. The van der Waals surface area contributed by atoms with Crippen LogP contribution >= 0.6 is 107 Å². The van der Waals surface area contributed by atoms with Crippen molar-refractivity contribution in [2.24, 2.45) is 0 Å². The second kappa shape index (κ2) is 40.6. The number of esters is 1. The molecular formula is C56H59BrCl3LiN8O19S5. The van der Waals surface area contributed by atoms with Crippen molar-refractivity contribution in [3.05, 3.63) is 132 Å². The molecule has 1 amide bonds. The van der Waals surface area contributed by atoms with Gasteiger partial charge in [0.2, 0.25) is 0 Å². The summed E-state index contributed by atoms with van der Waals surface area (Å²) in [6, 6.07) is 11.2. The van der Waals surface area contributed by atoms with Gasteiger partial charge < -0.3 is 74.7 Å². The van der Waals surface area contributed by atoms with Crippen LogP contribution in [-0.2, 0) is 4.74 Å². The van der Waals surface area contributed by atoms with Crippen LogP contribution in [0, 0.1) is 0 Å². The van der Waals surface area contributed by atoms with E-state index in [1.165, 1.54) is 126 Å². The number of carboxylic acid groups (broad SMARTS) is 2. The first-order valence-corrected chi connectivity index (χ1v) is 31.3. The largest absolute Gasteiger partial charge is 1.00 e. The molecule has 0 saturated carbocycles. The maximum Gasteiger partial charge on any atom is 1.00 e. The Morgan fingerprint density at radius 2 is 0.989 bits per heavy atom. The number of fused-ring (bicyclic) bond motifs is 1. The van der Waals surface area contributed by atoms with E-state index in [0.29, 0.717) is 80.4 Å². The summed E-state index contributed by atoms with van der Waals surface area (Å²) < 4.78 is 39.7. The van der Waals surface area contributed by atoms with Gasteiger partial charge in [0.25, 0.3) is 26.7 Å². The molecule has 9 aromatic rings. The number of nitrogens with zero attached hydrogens (tertiary/aromatic N) is 5. The molecule has 0 unspecified atom stereocenters. The second-order valence-corrected chi connectivity index (χ2v) is 24.3. The standard InChI is InChI=1S/C14H13ClN2O4S.C14H11ClN2O3S.C9H10ClNO2.C6H7NO3S.C5H5NO3S.C4H2BrNO2S.C4H10O.Li.H2O/c1-7(18)8-4-5-10(20-2)11(15)12(8)17-13(19)9-6-22-14(16-9)21-3;1-19-11-4-3-7-10(18)5-8(16-13(7)12(11)15)9-6-21-14(17-9)20-2;1-5(12)6-3-4-7(13-2)8(10)9(6)11;1-9-5(8)4-3-11-6(7-4)10-2;1-9-5-6-3(2-10-5)4(7)8;5-4-6-2(1-9-4)3(7)8;1-4(2,3)5;;/h4-6H,1-3H3,(H,17,19);3-6H,1-2H3,(H,16,18);3-4H,11H2,1-2H3;3H,1-2H3;2H,1H3,(H,7,8);1H,(H,7,8);5H,1-3H3;;1H2/q;;;;;;;+1;/p-1. The number of ether oxygens (including phenoxy) is 8. The number of ketones is 2. The summed E-state index contributed by atoms with van der Waals surface area (Å²) >= 11 is 27.6. The molecule has 37 heteroatoms. The number of carboxylic acids is 2. The third-order valence-electron chi connectivity index (χ3n) is 10.3. The fourth-order valence-electron chi connectivity index (χ4n) is 6.18. The quantitative estimate of drug-likeness (QED) is 0.0240. The molecule has 0 fully saturated rings. The zero-order valence-corrected chi connectivity index (χ0v) is 59.6. The minimum Gasteiger partial charge on any atom is -0.870 e. The topological polar surface area (TPSA) is 402 Å². The molecule has 0 aliphatic rings. The molecule has 0 spiro atoms. The molecule has 9 rings (SSSR count). The van der Waals surface area contributed by atoms with Crippen LogP contribution in [0.5, 0.6) is 38.0 Å². The Labute approximate surface area is 586 Å². The molecule has 27 nitrogen and oxygen atoms in total. The summed E-state index contributed by atoms with van der Waals surface area (Å²) in [5, 5.41) is 38.7. The van der Waals surface area contributed by atoms with Gasteiger partial charge in [0, 0.05) is 49.5 Å². The number of aliphatic hydroxyl groups is 1. The summed E-state index contributed by atoms with van der Waals surface area (Å²) in [7, 11) is 11.7. The number of methoxy groups -OCH3 is 8. The van der Waals surface area contributed by atoms with Crippen molar-refractivity contribution >= 4 is 165 Å². The van der Waals surface area contributed by atoms with E-state index < -0.39 is 29.4 Å². The van der Waals surface area contributed by atoms with Crippen LogP contribution in [0.3, 0.4) is 0 Å². The van der Waals surface area contributed by atoms with Crippen LogP contribution in [0.25, 0.3) is 22.3 Å². The van der Waals surface area contributed by atoms with Gasteiger partial charge in [-0.1, -0.05) is 80.1 Å². The number of carbonyl (C=O) groups excluding carboxylic acids is 4. The van der Waals surface area contributed by atoms with Crippen LogP contribution in [0.2, 0.25) is 15.1 Å². The van der Waals surface area contributed by atoms with Gasteiger partial charge in [0.15, 0.2) is 38.0 Å². The normalized spacial score (nSPS) is 9.87. The summed E-state index contributed by atoms with van der Waals surface area (Å²) in [6.45, 7) is 8.06. The number of aromatic amines is 1. The summed E-state index contributed by atoms with van der Waals surface area (Å²) in [5.74, 6) is -1.94. The molecular weight excluding hydrogens is 1440 g/mol. The zero-order valence-electron chi connectivity index (χ0n) is 51.7. The van der Waals surface area contributed by atoms with Crippen LogP contribution in [0.15, 0.2) is 78.1 Å². The van der Waals surface area contributed by atoms with E-state index in [0.717, 1.165) is 11.3 Å². The Bertz CT molecular complexity index is 4020. The van der Waals surface area contributed by atoms with Gasteiger partial charge in [-0.05, 0) is 86.9 Å². The van der Waals surface area contributed by atoms with Crippen molar-refractivity contribution in [3.8, 4) is 49.4 Å². The third kappa shape index (κ3) is 26.1. The smallest absolute Gasteiger partial charge is 0.870 e. The van der Waals surface area contributed by atoms with Gasteiger partial charge >= 0.3 is 36.8 Å². The van der Waals surface area contributed by atoms with Crippen LogP contribution < -0.4 is 68.5 Å². The van der Waals surface area contributed by atoms with Crippen molar-refractivity contribution in [1.29, 1.82) is 0 Å². The number of nitrogen functional groups attached to an aromatic ring is 1. The summed E-state index contributed by atoms with van der Waals surface area (Å²) in [4.78, 5) is 101. The predicted octanol–water partition coefficient (Wildman–Crippen LogP) is 9.72. The molecule has 6 heterocycles. The average Bonchev–Trinajstić information content (AvgIpc) is 1.73. The number of halogens is 4. The Kier molecular flexibility index (Phi) is 36.4. The van der Waals surface area contributed by atoms with E-state index >= 15 is 0 Å². The summed E-state index contributed by atoms with van der Waals surface area (Å²) in [5.41, 5.74) is 8.52. The number of nitrogens with two attached hydrogens (primary N) is 1. The number of thiazole rings is 5. The number of anilines is 2. The van der Waals surface area contributed by atoms with E-state index in [1.54, 1.807) is 75.0 Å². The summed E-state index contributed by atoms with van der Waals surface area (Å²) in [6.07, 6.45) is 0. The van der Waals surface area contributed by atoms with Crippen LogP contribution in [0.4, 0.5) is 11.4 Å². The van der Waals surface area contributed by atoms with E-state index in [2.05, 4.69) is 60.6 Å². The number of Topliss-reactive ketones (excluding diaryl/α,β-unsaturated/α-hetero) is 2. The number of benzene rings is 3. The average molecular weight is 1500 g/mol. The predicted molar refractivity (Wildman–Crippen MR) is 357 cm³/mol. The molecule has 3 aromatic carbocycles. The second-order valence-electron chi connectivity index (χ2n) is 17.7. The number of rotatable bonds is 15. The number of carbonyl (C=O) groups is 6. The SMILES string of the molecule is CC(C)(C)O.COC(=O)c1csc(OC)n1.COc1ccc(C(C)=O)c(N)c1Cl.COc1nc(-c2cc(=O)c3ccc(OC)c(Cl)c3[nH]2)cs1.COc1nc(C(=O)Nc2c(C(C)=O)ccc(OC)c2Cl)cs1.COc1nc(C(=O)O)cs1.O=C(O)c1csc(Br)n1.[Li+].[OH-]. The number of aromatic nitrogens is 6. The molecule has 0 aliphatic carbocycles. The van der Waals surface area contributed by atoms with Gasteiger partial charge in [0.1, 0.15) is 43.7 Å². The van der Waals surface area contributed by atoms with Gasteiger partial charge in [-0.15, -0.1) is 11.3 Å². The van der Waals surface area contributed by atoms with Crippen LogP contribution in [-0.4, -0.2) is 149 Å². The van der Waals surface area contributed by atoms with Gasteiger partial charge in [-0.25, -0.2) is 24.4 Å². The Morgan fingerprint density at radius 3 is 1.41 bits per heavy atom. The monoisotopic (exact) mass is 1500 g/mol.